The maximum atomic E-state index is 10.2. The molecule has 0 radical (unpaired) electrons. The second-order valence-electron chi connectivity index (χ2n) is 3.38. The molecule has 1 heterocycles. The molecule has 4 N–H and O–H groups in total. The molecule has 0 amide bonds. The first-order valence-electron chi connectivity index (χ1n) is 4.23. The molecule has 16 heavy (non-hydrogen) atoms. The predicted octanol–water partition coefficient (Wildman–Crippen LogP) is -4.37. The van der Waals surface area contributed by atoms with E-state index in [0.29, 0.717) is 0 Å². The SMILES string of the molecule is O=P([O-])([O-])OCC1(O)OC[C@H](O)[C@@H](O)[C@@H]1O. The smallest absolute Gasteiger partial charge is 0.219 e. The number of hydrogen-bond donors (Lipinski definition) is 4. The van der Waals surface area contributed by atoms with Gasteiger partial charge in [0.15, 0.2) is 0 Å². The number of aliphatic hydroxyl groups excluding tert-OH is 3. The van der Waals surface area contributed by atoms with Crippen molar-refractivity contribution in [1.29, 1.82) is 0 Å². The zero-order chi connectivity index (χ0) is 12.6. The molecule has 10 heteroatoms. The summed E-state index contributed by atoms with van der Waals surface area (Å²) in [5.74, 6) is -2.55. The van der Waals surface area contributed by atoms with E-state index < -0.39 is 45.1 Å². The minimum absolute atomic E-state index is 0.542. The Kier molecular flexibility index (Phi) is 4.06. The molecule has 0 aromatic heterocycles. The molecule has 96 valence electrons. The first-order valence-corrected chi connectivity index (χ1v) is 5.69. The Morgan fingerprint density at radius 2 is 2.00 bits per heavy atom. The third-order valence-corrected chi connectivity index (χ3v) is 2.56. The Hall–Kier alpha value is -0.0900. The summed E-state index contributed by atoms with van der Waals surface area (Å²) < 4.78 is 18.4. The number of phosphoric acid groups is 1. The Labute approximate surface area is 90.1 Å². The van der Waals surface area contributed by atoms with Gasteiger partial charge in [-0.25, -0.2) is 0 Å². The van der Waals surface area contributed by atoms with Gasteiger partial charge in [0.2, 0.25) is 5.79 Å². The van der Waals surface area contributed by atoms with Crippen LogP contribution in [0.5, 0.6) is 0 Å². The molecule has 4 atom stereocenters. The second-order valence-corrected chi connectivity index (χ2v) is 4.53. The third-order valence-electron chi connectivity index (χ3n) is 2.11. The summed E-state index contributed by atoms with van der Waals surface area (Å²) in [7, 11) is -5.33. The van der Waals surface area contributed by atoms with E-state index in [1.54, 1.807) is 0 Å². The zero-order valence-corrected chi connectivity index (χ0v) is 8.82. The molecule has 9 nitrogen and oxygen atoms in total. The van der Waals surface area contributed by atoms with E-state index in [2.05, 4.69) is 9.26 Å². The molecule has 1 aliphatic heterocycles. The number of phosphoric ester groups is 1. The molecule has 1 unspecified atom stereocenters. The number of aliphatic hydroxyl groups is 4. The first kappa shape index (κ1) is 14.0. The summed E-state index contributed by atoms with van der Waals surface area (Å²) in [6.45, 7) is -1.71. The quantitative estimate of drug-likeness (QED) is 0.366. The summed E-state index contributed by atoms with van der Waals surface area (Å²) in [6.07, 6.45) is -5.16. The average molecular weight is 258 g/mol. The van der Waals surface area contributed by atoms with Gasteiger partial charge in [0, 0.05) is 0 Å². The van der Waals surface area contributed by atoms with E-state index in [-0.39, 0.29) is 0 Å². The largest absolute Gasteiger partial charge is 0.790 e. The number of ether oxygens (including phenoxy) is 1. The van der Waals surface area contributed by atoms with Crippen LogP contribution in [0.4, 0.5) is 0 Å². The van der Waals surface area contributed by atoms with Crippen molar-refractivity contribution < 1.29 is 44.0 Å². The van der Waals surface area contributed by atoms with E-state index in [1.165, 1.54) is 0 Å². The van der Waals surface area contributed by atoms with Gasteiger partial charge in [-0.1, -0.05) is 0 Å². The predicted molar refractivity (Wildman–Crippen MR) is 42.5 cm³/mol. The summed E-state index contributed by atoms with van der Waals surface area (Å²) in [6, 6.07) is 0. The van der Waals surface area contributed by atoms with Crippen LogP contribution in [0.1, 0.15) is 0 Å². The Bertz CT molecular complexity index is 290. The highest BCUT2D eigenvalue weighted by molar-refractivity contribution is 7.43. The fraction of sp³-hybridized carbons (Fsp3) is 1.00. The molecule has 1 fully saturated rings. The van der Waals surface area contributed by atoms with Gasteiger partial charge in [0.05, 0.1) is 14.4 Å². The van der Waals surface area contributed by atoms with Gasteiger partial charge >= 0.3 is 0 Å². The Morgan fingerprint density at radius 3 is 2.50 bits per heavy atom. The van der Waals surface area contributed by atoms with E-state index >= 15 is 0 Å². The van der Waals surface area contributed by atoms with Gasteiger partial charge in [-0.15, -0.1) is 0 Å². The van der Waals surface area contributed by atoms with Crippen molar-refractivity contribution in [2.75, 3.05) is 13.2 Å². The van der Waals surface area contributed by atoms with Gasteiger partial charge in [0.25, 0.3) is 0 Å². The van der Waals surface area contributed by atoms with Gasteiger partial charge in [-0.2, -0.15) is 0 Å². The van der Waals surface area contributed by atoms with E-state index in [4.69, 9.17) is 5.11 Å². The molecule has 0 aromatic rings. The highest BCUT2D eigenvalue weighted by Gasteiger charge is 2.48. The van der Waals surface area contributed by atoms with Crippen LogP contribution >= 0.6 is 7.82 Å². The molecule has 0 bridgehead atoms. The van der Waals surface area contributed by atoms with Crippen molar-refractivity contribution in [3.8, 4) is 0 Å². The van der Waals surface area contributed by atoms with Gasteiger partial charge in [-0.3, -0.25) is 0 Å². The zero-order valence-electron chi connectivity index (χ0n) is 7.92. The fourth-order valence-corrected chi connectivity index (χ4v) is 1.53. The Balaban J connectivity index is 2.66. The van der Waals surface area contributed by atoms with Crippen LogP contribution in [0.25, 0.3) is 0 Å². The van der Waals surface area contributed by atoms with Crippen molar-refractivity contribution in [3.63, 3.8) is 0 Å². The third kappa shape index (κ3) is 3.20. The average Bonchev–Trinajstić information content (AvgIpc) is 2.18. The lowest BCUT2D eigenvalue weighted by atomic mass is 9.98. The summed E-state index contributed by atoms with van der Waals surface area (Å²) in [5, 5.41) is 37.1. The maximum absolute atomic E-state index is 10.2. The lowest BCUT2D eigenvalue weighted by Gasteiger charge is -2.43. The minimum Gasteiger partial charge on any atom is -0.790 e. The van der Waals surface area contributed by atoms with Crippen LogP contribution in [0.2, 0.25) is 0 Å². The van der Waals surface area contributed by atoms with Gasteiger partial charge < -0.3 is 44.0 Å². The van der Waals surface area contributed by atoms with E-state index in [1.807, 2.05) is 0 Å². The fourth-order valence-electron chi connectivity index (χ4n) is 1.19. The Morgan fingerprint density at radius 1 is 1.44 bits per heavy atom. The molecule has 1 saturated heterocycles. The van der Waals surface area contributed by atoms with Gasteiger partial charge in [0.1, 0.15) is 24.9 Å². The number of rotatable bonds is 3. The maximum Gasteiger partial charge on any atom is 0.219 e. The molecular weight excluding hydrogens is 247 g/mol. The molecule has 0 aromatic carbocycles. The summed E-state index contributed by atoms with van der Waals surface area (Å²) in [5.41, 5.74) is 0. The van der Waals surface area contributed by atoms with Crippen molar-refractivity contribution in [2.24, 2.45) is 0 Å². The molecule has 0 saturated carbocycles. The van der Waals surface area contributed by atoms with Crippen LogP contribution in [0.15, 0.2) is 0 Å². The van der Waals surface area contributed by atoms with Gasteiger partial charge in [-0.05, 0) is 0 Å². The van der Waals surface area contributed by atoms with Crippen LogP contribution in [-0.2, 0) is 13.8 Å². The molecule has 1 aliphatic rings. The van der Waals surface area contributed by atoms with Crippen molar-refractivity contribution in [1.82, 2.24) is 0 Å². The first-order chi connectivity index (χ1) is 7.16. The summed E-state index contributed by atoms with van der Waals surface area (Å²) in [4.78, 5) is 20.3. The standard InChI is InChI=1S/C6H13O9P/c7-3-1-14-6(10,5(9)4(3)8)2-15-16(11,12)13/h3-5,7-10H,1-2H2,(H2,11,12,13)/p-2/t3-,4+,5-,6?/m0/s1. The van der Waals surface area contributed by atoms with Crippen LogP contribution < -0.4 is 9.79 Å². The molecule has 0 spiro atoms. The molecular formula is C6H11O9P-2. The van der Waals surface area contributed by atoms with Crippen LogP contribution in [0.3, 0.4) is 0 Å². The monoisotopic (exact) mass is 258 g/mol. The minimum atomic E-state index is -5.33. The molecule has 0 aliphatic carbocycles. The normalized spacial score (nSPS) is 41.0. The van der Waals surface area contributed by atoms with E-state index in [0.717, 1.165) is 0 Å². The number of hydrogen-bond acceptors (Lipinski definition) is 9. The summed E-state index contributed by atoms with van der Waals surface area (Å²) >= 11 is 0. The van der Waals surface area contributed by atoms with Crippen LogP contribution in [0, 0.1) is 0 Å². The highest BCUT2D eigenvalue weighted by Crippen LogP contribution is 2.31. The van der Waals surface area contributed by atoms with E-state index in [9.17, 15) is 29.7 Å². The van der Waals surface area contributed by atoms with Crippen molar-refractivity contribution in [3.05, 3.63) is 0 Å². The van der Waals surface area contributed by atoms with Crippen LogP contribution in [-0.4, -0.2) is 57.7 Å². The molecule has 1 rings (SSSR count). The highest BCUT2D eigenvalue weighted by atomic mass is 31.2. The van der Waals surface area contributed by atoms with Crippen molar-refractivity contribution in [2.45, 2.75) is 24.1 Å². The second kappa shape index (κ2) is 4.65. The lowest BCUT2D eigenvalue weighted by molar-refractivity contribution is -0.363. The lowest BCUT2D eigenvalue weighted by Crippen LogP contribution is -2.62. The van der Waals surface area contributed by atoms with Crippen molar-refractivity contribution >= 4 is 7.82 Å². The topological polar surface area (TPSA) is 163 Å².